The summed E-state index contributed by atoms with van der Waals surface area (Å²) in [5.41, 5.74) is 3.54. The summed E-state index contributed by atoms with van der Waals surface area (Å²) in [7, 11) is 0. The lowest BCUT2D eigenvalue weighted by Crippen LogP contribution is -2.02. The monoisotopic (exact) mass is 420 g/mol. The fourth-order valence-electron chi connectivity index (χ4n) is 3.25. The first-order valence-corrected chi connectivity index (χ1v) is 9.73. The second-order valence-corrected chi connectivity index (χ2v) is 7.34. The van der Waals surface area contributed by atoms with Gasteiger partial charge in [0.2, 0.25) is 11.8 Å². The molecule has 7 heteroatoms. The normalized spacial score (nSPS) is 11.2. The van der Waals surface area contributed by atoms with Crippen molar-refractivity contribution in [2.24, 2.45) is 0 Å². The van der Waals surface area contributed by atoms with Crippen LogP contribution < -0.4 is 0 Å². The van der Waals surface area contributed by atoms with Gasteiger partial charge in [-0.2, -0.15) is 0 Å². The van der Waals surface area contributed by atoms with Crippen LogP contribution in [0, 0.1) is 0 Å². The Balaban J connectivity index is 1.58. The molecule has 2 heterocycles. The molecule has 0 aliphatic heterocycles. The summed E-state index contributed by atoms with van der Waals surface area (Å²) >= 11 is 12.3. The van der Waals surface area contributed by atoms with Crippen molar-refractivity contribution in [3.05, 3.63) is 88.7 Å². The molecule has 0 unspecified atom stereocenters. The maximum atomic E-state index is 6.25. The van der Waals surface area contributed by atoms with Gasteiger partial charge in [-0.05, 0) is 48.5 Å². The van der Waals surface area contributed by atoms with E-state index in [0.29, 0.717) is 33.9 Å². The zero-order chi connectivity index (χ0) is 19.8. The molecule has 2 aromatic heterocycles. The Kier molecular flexibility index (Phi) is 4.54. The van der Waals surface area contributed by atoms with Crippen molar-refractivity contribution in [1.29, 1.82) is 0 Å². The Bertz CT molecular complexity index is 1310. The minimum absolute atomic E-state index is 0.385. The van der Waals surface area contributed by atoms with Crippen LogP contribution in [-0.4, -0.2) is 19.7 Å². The number of imidazole rings is 1. The molecule has 0 aliphatic rings. The van der Waals surface area contributed by atoms with E-state index < -0.39 is 0 Å². The zero-order valence-corrected chi connectivity index (χ0v) is 16.6. The van der Waals surface area contributed by atoms with Crippen LogP contribution in [0.2, 0.25) is 10.0 Å². The van der Waals surface area contributed by atoms with Gasteiger partial charge in [-0.25, -0.2) is 4.98 Å². The number of rotatable bonds is 4. The van der Waals surface area contributed by atoms with Crippen LogP contribution in [-0.2, 0) is 6.54 Å². The summed E-state index contributed by atoms with van der Waals surface area (Å²) in [6.07, 6.45) is 0. The molecule has 5 rings (SSSR count). The van der Waals surface area contributed by atoms with Gasteiger partial charge in [0.1, 0.15) is 12.4 Å². The van der Waals surface area contributed by atoms with E-state index in [1.165, 1.54) is 0 Å². The molecule has 0 bridgehead atoms. The molecule has 0 saturated heterocycles. The van der Waals surface area contributed by atoms with Gasteiger partial charge in [0.15, 0.2) is 0 Å². The van der Waals surface area contributed by atoms with Crippen molar-refractivity contribution in [1.82, 2.24) is 19.7 Å². The Morgan fingerprint density at radius 1 is 0.828 bits per heavy atom. The molecule has 0 amide bonds. The fourth-order valence-corrected chi connectivity index (χ4v) is 3.59. The predicted octanol–water partition coefficient (Wildman–Crippen LogP) is 6.11. The summed E-state index contributed by atoms with van der Waals surface area (Å²) in [5.74, 6) is 1.67. The third-order valence-electron chi connectivity index (χ3n) is 4.62. The van der Waals surface area contributed by atoms with Gasteiger partial charge in [-0.1, -0.05) is 47.5 Å². The molecule has 142 valence electrons. The van der Waals surface area contributed by atoms with Crippen LogP contribution in [0.4, 0.5) is 0 Å². The molecule has 5 aromatic rings. The summed E-state index contributed by atoms with van der Waals surface area (Å²) < 4.78 is 7.96. The molecular weight excluding hydrogens is 407 g/mol. The third kappa shape index (κ3) is 3.39. The van der Waals surface area contributed by atoms with E-state index in [-0.39, 0.29) is 0 Å². The highest BCUT2D eigenvalue weighted by molar-refractivity contribution is 6.33. The molecular formula is C22H14Cl2N4O. The fraction of sp³-hybridized carbons (Fsp3) is 0.0455. The molecule has 29 heavy (non-hydrogen) atoms. The van der Waals surface area contributed by atoms with E-state index in [4.69, 9.17) is 32.6 Å². The van der Waals surface area contributed by atoms with Crippen molar-refractivity contribution >= 4 is 34.2 Å². The van der Waals surface area contributed by atoms with E-state index in [1.54, 1.807) is 6.07 Å². The van der Waals surface area contributed by atoms with Gasteiger partial charge in [-0.15, -0.1) is 10.2 Å². The van der Waals surface area contributed by atoms with Crippen molar-refractivity contribution in [2.75, 3.05) is 0 Å². The highest BCUT2D eigenvalue weighted by atomic mass is 35.5. The van der Waals surface area contributed by atoms with Crippen LogP contribution in [0.5, 0.6) is 0 Å². The number of halogens is 2. The molecule has 0 atom stereocenters. The highest BCUT2D eigenvalue weighted by Gasteiger charge is 2.17. The van der Waals surface area contributed by atoms with Gasteiger partial charge in [0, 0.05) is 10.6 Å². The van der Waals surface area contributed by atoms with E-state index >= 15 is 0 Å². The molecule has 0 saturated carbocycles. The van der Waals surface area contributed by atoms with Crippen LogP contribution >= 0.6 is 23.2 Å². The minimum Gasteiger partial charge on any atom is -0.419 e. The van der Waals surface area contributed by atoms with Gasteiger partial charge in [0.05, 0.1) is 21.6 Å². The van der Waals surface area contributed by atoms with Crippen molar-refractivity contribution in [2.45, 2.75) is 6.54 Å². The first-order chi connectivity index (χ1) is 14.2. The van der Waals surface area contributed by atoms with Crippen LogP contribution in [0.3, 0.4) is 0 Å². The number of hydrogen-bond donors (Lipinski definition) is 0. The Hall–Kier alpha value is -3.15. The maximum Gasteiger partial charge on any atom is 0.249 e. The predicted molar refractivity (Wildman–Crippen MR) is 114 cm³/mol. The molecule has 0 fully saturated rings. The first-order valence-electron chi connectivity index (χ1n) is 8.97. The largest absolute Gasteiger partial charge is 0.419 e. The van der Waals surface area contributed by atoms with Gasteiger partial charge < -0.3 is 8.98 Å². The Morgan fingerprint density at radius 3 is 2.41 bits per heavy atom. The second kappa shape index (κ2) is 7.35. The van der Waals surface area contributed by atoms with Gasteiger partial charge in [-0.3, -0.25) is 0 Å². The maximum absolute atomic E-state index is 6.25. The summed E-state index contributed by atoms with van der Waals surface area (Å²) in [6, 6.07) is 22.9. The smallest absolute Gasteiger partial charge is 0.249 e. The number of fused-ring (bicyclic) bond motifs is 1. The lowest BCUT2D eigenvalue weighted by Gasteiger charge is -2.07. The lowest BCUT2D eigenvalue weighted by atomic mass is 10.2. The Labute approximate surface area is 176 Å². The first kappa shape index (κ1) is 17.9. The zero-order valence-electron chi connectivity index (χ0n) is 15.1. The van der Waals surface area contributed by atoms with Crippen LogP contribution in [0.1, 0.15) is 5.89 Å². The minimum atomic E-state index is 0.385. The number of nitrogens with zero attached hydrogens (tertiary/aromatic N) is 4. The van der Waals surface area contributed by atoms with Gasteiger partial charge >= 0.3 is 0 Å². The van der Waals surface area contributed by atoms with Crippen molar-refractivity contribution < 1.29 is 4.42 Å². The summed E-state index contributed by atoms with van der Waals surface area (Å²) in [5, 5.41) is 9.63. The molecule has 0 radical (unpaired) electrons. The number of aromatic nitrogens is 4. The van der Waals surface area contributed by atoms with Crippen LogP contribution in [0.25, 0.3) is 33.9 Å². The number of hydrogen-bond acceptors (Lipinski definition) is 4. The van der Waals surface area contributed by atoms with Crippen molar-refractivity contribution in [3.8, 4) is 22.8 Å². The molecule has 0 spiro atoms. The topological polar surface area (TPSA) is 56.7 Å². The molecule has 0 aliphatic carbocycles. The van der Waals surface area contributed by atoms with Gasteiger partial charge in [0.25, 0.3) is 0 Å². The third-order valence-corrected chi connectivity index (χ3v) is 5.20. The van der Waals surface area contributed by atoms with Crippen molar-refractivity contribution in [3.63, 3.8) is 0 Å². The molecule has 3 aromatic carbocycles. The van der Waals surface area contributed by atoms with E-state index in [2.05, 4.69) is 14.8 Å². The SMILES string of the molecule is Clc1ccc(-c2nc3ccccc3n2Cc2nnc(-c3ccccc3Cl)o2)cc1. The average molecular weight is 421 g/mol. The van der Waals surface area contributed by atoms with Crippen LogP contribution in [0.15, 0.2) is 77.2 Å². The lowest BCUT2D eigenvalue weighted by molar-refractivity contribution is 0.492. The Morgan fingerprint density at radius 2 is 1.59 bits per heavy atom. The number of para-hydroxylation sites is 2. The van der Waals surface area contributed by atoms with E-state index in [1.807, 2.05) is 66.7 Å². The summed E-state index contributed by atoms with van der Waals surface area (Å²) in [6.45, 7) is 0.385. The second-order valence-electron chi connectivity index (χ2n) is 6.50. The molecule has 0 N–H and O–H groups in total. The standard InChI is InChI=1S/C22H14Cl2N4O/c23-15-11-9-14(10-12-15)21-25-18-7-3-4-8-19(18)28(21)13-20-26-27-22(29-20)16-5-1-2-6-17(16)24/h1-12H,13H2. The average Bonchev–Trinajstić information content (AvgIpc) is 3.35. The van der Waals surface area contributed by atoms with E-state index in [0.717, 1.165) is 22.4 Å². The molecule has 5 nitrogen and oxygen atoms in total. The summed E-state index contributed by atoms with van der Waals surface area (Å²) in [4.78, 5) is 4.80. The number of benzene rings is 3. The highest BCUT2D eigenvalue weighted by Crippen LogP contribution is 2.29. The van der Waals surface area contributed by atoms with E-state index in [9.17, 15) is 0 Å². The quantitative estimate of drug-likeness (QED) is 0.351.